The minimum absolute atomic E-state index is 0.0608. The van der Waals surface area contributed by atoms with Gasteiger partial charge < -0.3 is 9.47 Å². The van der Waals surface area contributed by atoms with Gasteiger partial charge in [0, 0.05) is 10.6 Å². The molecule has 0 amide bonds. The van der Waals surface area contributed by atoms with Crippen molar-refractivity contribution < 1.29 is 14.3 Å². The van der Waals surface area contributed by atoms with Gasteiger partial charge in [0.25, 0.3) is 0 Å². The third-order valence-corrected chi connectivity index (χ3v) is 2.02. The fourth-order valence-electron chi connectivity index (χ4n) is 1.04. The van der Waals surface area contributed by atoms with Gasteiger partial charge in [0.15, 0.2) is 0 Å². The lowest BCUT2D eigenvalue weighted by Crippen LogP contribution is -1.97. The van der Waals surface area contributed by atoms with Gasteiger partial charge in [0.1, 0.15) is 12.2 Å². The van der Waals surface area contributed by atoms with E-state index in [0.717, 1.165) is 0 Å². The Kier molecular flexibility index (Phi) is 4.68. The van der Waals surface area contributed by atoms with Gasteiger partial charge in [-0.05, 0) is 18.2 Å². The molecule has 0 radical (unpaired) electrons. The molecule has 1 aromatic rings. The van der Waals surface area contributed by atoms with Gasteiger partial charge in [-0.2, -0.15) is 0 Å². The molecule has 0 saturated heterocycles. The molecule has 16 heavy (non-hydrogen) atoms. The van der Waals surface area contributed by atoms with Crippen molar-refractivity contribution in [2.24, 2.45) is 0 Å². The zero-order valence-electron chi connectivity index (χ0n) is 9.04. The van der Waals surface area contributed by atoms with Crippen LogP contribution in [0, 0.1) is 11.8 Å². The van der Waals surface area contributed by atoms with E-state index in [1.807, 2.05) is 0 Å². The van der Waals surface area contributed by atoms with Crippen LogP contribution in [0.4, 0.5) is 0 Å². The minimum atomic E-state index is -0.360. The zero-order chi connectivity index (χ0) is 12.0. The van der Waals surface area contributed by atoms with Crippen LogP contribution in [0.2, 0.25) is 5.02 Å². The molecule has 3 nitrogen and oxygen atoms in total. The number of carbonyl (C=O) groups excluding carboxylic acids is 1. The fourth-order valence-corrected chi connectivity index (χ4v) is 1.27. The molecule has 0 aromatic heterocycles. The molecule has 0 fully saturated rings. The molecule has 0 heterocycles. The van der Waals surface area contributed by atoms with Gasteiger partial charge in [0.05, 0.1) is 14.2 Å². The van der Waals surface area contributed by atoms with Crippen molar-refractivity contribution in [3.05, 3.63) is 28.8 Å². The highest BCUT2D eigenvalue weighted by atomic mass is 35.5. The number of esters is 1. The van der Waals surface area contributed by atoms with Crippen molar-refractivity contribution in [2.45, 2.75) is 6.42 Å². The molecule has 0 unspecified atom stereocenters. The molecule has 0 atom stereocenters. The average Bonchev–Trinajstić information content (AvgIpc) is 2.28. The van der Waals surface area contributed by atoms with Gasteiger partial charge in [-0.1, -0.05) is 23.4 Å². The van der Waals surface area contributed by atoms with Gasteiger partial charge in [-0.3, -0.25) is 4.79 Å². The second-order valence-corrected chi connectivity index (χ2v) is 3.37. The van der Waals surface area contributed by atoms with E-state index in [1.54, 1.807) is 25.3 Å². The maximum absolute atomic E-state index is 10.8. The summed E-state index contributed by atoms with van der Waals surface area (Å²) in [5.74, 6) is 5.78. The second kappa shape index (κ2) is 6.04. The number of ether oxygens (including phenoxy) is 2. The Morgan fingerprint density at radius 3 is 2.75 bits per heavy atom. The van der Waals surface area contributed by atoms with Gasteiger partial charge in [-0.25, -0.2) is 0 Å². The van der Waals surface area contributed by atoms with E-state index < -0.39 is 0 Å². The number of hydrogen-bond donors (Lipinski definition) is 0. The van der Waals surface area contributed by atoms with Crippen molar-refractivity contribution in [1.29, 1.82) is 0 Å². The Hall–Kier alpha value is -1.66. The van der Waals surface area contributed by atoms with Crippen molar-refractivity contribution in [3.8, 4) is 17.6 Å². The van der Waals surface area contributed by atoms with Crippen LogP contribution in [0.25, 0.3) is 0 Å². The third kappa shape index (κ3) is 3.84. The first-order chi connectivity index (χ1) is 7.65. The zero-order valence-corrected chi connectivity index (χ0v) is 9.80. The Balaban J connectivity index is 2.80. The van der Waals surface area contributed by atoms with Crippen LogP contribution >= 0.6 is 11.6 Å². The maximum Gasteiger partial charge on any atom is 0.317 e. The lowest BCUT2D eigenvalue weighted by Gasteiger charge is -2.00. The molecule has 0 aliphatic heterocycles. The van der Waals surface area contributed by atoms with E-state index in [2.05, 4.69) is 16.6 Å². The van der Waals surface area contributed by atoms with Crippen LogP contribution in [-0.2, 0) is 9.53 Å². The highest BCUT2D eigenvalue weighted by molar-refractivity contribution is 6.30. The summed E-state index contributed by atoms with van der Waals surface area (Å²) in [6, 6.07) is 5.14. The smallest absolute Gasteiger partial charge is 0.317 e. The Morgan fingerprint density at radius 1 is 1.38 bits per heavy atom. The highest BCUT2D eigenvalue weighted by Crippen LogP contribution is 2.19. The quantitative estimate of drug-likeness (QED) is 0.586. The van der Waals surface area contributed by atoms with Gasteiger partial charge >= 0.3 is 5.97 Å². The van der Waals surface area contributed by atoms with Crippen molar-refractivity contribution in [3.63, 3.8) is 0 Å². The number of hydrogen-bond acceptors (Lipinski definition) is 3. The standard InChI is InChI=1S/C12H11ClO3/c1-15-11-7-9(6-10(13)8-11)4-3-5-12(14)16-2/h6-8H,5H2,1-2H3. The van der Waals surface area contributed by atoms with Gasteiger partial charge in [-0.15, -0.1) is 0 Å². The Bertz CT molecular complexity index is 443. The summed E-state index contributed by atoms with van der Waals surface area (Å²) in [6.45, 7) is 0. The van der Waals surface area contributed by atoms with Crippen LogP contribution in [0.5, 0.6) is 5.75 Å². The highest BCUT2D eigenvalue weighted by Gasteiger charge is 1.98. The van der Waals surface area contributed by atoms with Crippen LogP contribution < -0.4 is 4.74 Å². The SMILES string of the molecule is COC(=O)CC#Cc1cc(Cl)cc(OC)c1. The van der Waals surface area contributed by atoms with Crippen LogP contribution in [0.3, 0.4) is 0 Å². The molecular weight excluding hydrogens is 228 g/mol. The molecule has 1 rings (SSSR count). The van der Waals surface area contributed by atoms with E-state index in [4.69, 9.17) is 16.3 Å². The third-order valence-electron chi connectivity index (χ3n) is 1.80. The minimum Gasteiger partial charge on any atom is -0.497 e. The van der Waals surface area contributed by atoms with Crippen LogP contribution in [0.15, 0.2) is 18.2 Å². The summed E-state index contributed by atoms with van der Waals surface area (Å²) in [5, 5.41) is 0.543. The molecule has 0 aliphatic carbocycles. The molecule has 0 N–H and O–H groups in total. The lowest BCUT2D eigenvalue weighted by molar-refractivity contribution is -0.139. The second-order valence-electron chi connectivity index (χ2n) is 2.93. The summed E-state index contributed by atoms with van der Waals surface area (Å²) in [5.41, 5.74) is 0.702. The molecule has 0 bridgehead atoms. The summed E-state index contributed by atoms with van der Waals surface area (Å²) in [7, 11) is 2.88. The number of methoxy groups -OCH3 is 2. The first-order valence-corrected chi connectivity index (χ1v) is 4.93. The number of benzene rings is 1. The normalized spacial score (nSPS) is 8.94. The van der Waals surface area contributed by atoms with Crippen molar-refractivity contribution in [1.82, 2.24) is 0 Å². The van der Waals surface area contributed by atoms with Crippen molar-refractivity contribution >= 4 is 17.6 Å². The van der Waals surface area contributed by atoms with E-state index in [0.29, 0.717) is 16.3 Å². The van der Waals surface area contributed by atoms with E-state index >= 15 is 0 Å². The number of carbonyl (C=O) groups is 1. The number of rotatable bonds is 2. The first-order valence-electron chi connectivity index (χ1n) is 4.56. The Labute approximate surface area is 99.3 Å². The summed E-state index contributed by atoms with van der Waals surface area (Å²) in [6.07, 6.45) is 0.0608. The van der Waals surface area contributed by atoms with E-state index in [9.17, 15) is 4.79 Å². The predicted molar refractivity (Wildman–Crippen MR) is 61.5 cm³/mol. The number of halogens is 1. The van der Waals surface area contributed by atoms with E-state index in [1.165, 1.54) is 7.11 Å². The summed E-state index contributed by atoms with van der Waals surface area (Å²) in [4.78, 5) is 10.8. The molecule has 84 valence electrons. The summed E-state index contributed by atoms with van der Waals surface area (Å²) < 4.78 is 9.51. The average molecular weight is 239 g/mol. The summed E-state index contributed by atoms with van der Waals surface area (Å²) >= 11 is 5.86. The monoisotopic (exact) mass is 238 g/mol. The van der Waals surface area contributed by atoms with E-state index in [-0.39, 0.29) is 12.4 Å². The fraction of sp³-hybridized carbons (Fsp3) is 0.250. The predicted octanol–water partition coefficient (Wildman–Crippen LogP) is 2.26. The topological polar surface area (TPSA) is 35.5 Å². The largest absolute Gasteiger partial charge is 0.497 e. The molecule has 0 spiro atoms. The molecule has 4 heteroatoms. The van der Waals surface area contributed by atoms with Crippen molar-refractivity contribution in [2.75, 3.05) is 14.2 Å². The molecule has 1 aromatic carbocycles. The molecule has 0 saturated carbocycles. The lowest BCUT2D eigenvalue weighted by atomic mass is 10.2. The maximum atomic E-state index is 10.8. The molecular formula is C12H11ClO3. The first kappa shape index (κ1) is 12.4. The van der Waals surface area contributed by atoms with Crippen LogP contribution in [0.1, 0.15) is 12.0 Å². The van der Waals surface area contributed by atoms with Crippen LogP contribution in [-0.4, -0.2) is 20.2 Å². The molecule has 0 aliphatic rings. The Morgan fingerprint density at radius 2 is 2.12 bits per heavy atom. The van der Waals surface area contributed by atoms with Gasteiger partial charge in [0.2, 0.25) is 0 Å².